The normalized spacial score (nSPS) is 10.5. The number of para-hydroxylation sites is 1. The fourth-order valence-electron chi connectivity index (χ4n) is 1.93. The Morgan fingerprint density at radius 2 is 1.91 bits per heavy atom. The van der Waals surface area contributed by atoms with Crippen LogP contribution in [0.2, 0.25) is 0 Å². The van der Waals surface area contributed by atoms with Crippen molar-refractivity contribution in [1.29, 1.82) is 0 Å². The minimum Gasteiger partial charge on any atom is -0.496 e. The lowest BCUT2D eigenvalue weighted by Gasteiger charge is -2.06. The lowest BCUT2D eigenvalue weighted by molar-refractivity contribution is 0.0952. The third kappa shape index (κ3) is 4.85. The molecule has 0 aliphatic carbocycles. The summed E-state index contributed by atoms with van der Waals surface area (Å²) in [4.78, 5) is 12.1. The topological polar surface area (TPSA) is 59.9 Å². The van der Waals surface area contributed by atoms with Gasteiger partial charge in [0.25, 0.3) is 5.91 Å². The number of amides is 1. The first-order chi connectivity index (χ1) is 11.2. The zero-order valence-electron chi connectivity index (χ0n) is 13.3. The first-order valence-electron chi connectivity index (χ1n) is 7.44. The number of nitrogens with one attached hydrogen (secondary N) is 1. The zero-order valence-corrected chi connectivity index (χ0v) is 13.3. The van der Waals surface area contributed by atoms with Crippen LogP contribution in [-0.4, -0.2) is 25.8 Å². The van der Waals surface area contributed by atoms with Gasteiger partial charge in [-0.15, -0.1) is 0 Å². The molecule has 0 fully saturated rings. The van der Waals surface area contributed by atoms with Crippen molar-refractivity contribution in [3.8, 4) is 11.5 Å². The molecule has 0 radical (unpaired) electrons. The molecule has 0 spiro atoms. The molecule has 120 valence electrons. The van der Waals surface area contributed by atoms with Crippen molar-refractivity contribution in [2.75, 3.05) is 13.7 Å². The van der Waals surface area contributed by atoms with E-state index >= 15 is 0 Å². The molecule has 1 N–H and O–H groups in total. The monoisotopic (exact) mass is 312 g/mol. The molecule has 5 nitrogen and oxygen atoms in total. The molecule has 2 rings (SSSR count). The average molecular weight is 312 g/mol. The average Bonchev–Trinajstić information content (AvgIpc) is 2.61. The third-order valence-corrected chi connectivity index (χ3v) is 3.08. The predicted molar refractivity (Wildman–Crippen MR) is 90.3 cm³/mol. The molecule has 0 heterocycles. The van der Waals surface area contributed by atoms with Gasteiger partial charge in [-0.05, 0) is 48.4 Å². The van der Waals surface area contributed by atoms with E-state index in [0.29, 0.717) is 17.9 Å². The smallest absolute Gasteiger partial charge is 0.275 e. The van der Waals surface area contributed by atoms with Crippen LogP contribution in [0.25, 0.3) is 0 Å². The molecule has 0 saturated carbocycles. The summed E-state index contributed by atoms with van der Waals surface area (Å²) in [7, 11) is 1.53. The van der Waals surface area contributed by atoms with Gasteiger partial charge in [0.15, 0.2) is 0 Å². The number of nitrogens with zero attached hydrogens (tertiary/aromatic N) is 1. The molecule has 0 bridgehead atoms. The number of carbonyl (C=O) groups is 1. The Hall–Kier alpha value is -2.82. The van der Waals surface area contributed by atoms with Gasteiger partial charge in [0.1, 0.15) is 11.5 Å². The van der Waals surface area contributed by atoms with Crippen molar-refractivity contribution in [3.63, 3.8) is 0 Å². The van der Waals surface area contributed by atoms with Gasteiger partial charge >= 0.3 is 0 Å². The summed E-state index contributed by atoms with van der Waals surface area (Å²) in [6.07, 6.45) is 2.55. The van der Waals surface area contributed by atoms with E-state index in [1.54, 1.807) is 30.5 Å². The molecule has 0 aliphatic heterocycles. The largest absolute Gasteiger partial charge is 0.496 e. The van der Waals surface area contributed by atoms with E-state index in [2.05, 4.69) is 17.5 Å². The number of benzene rings is 2. The van der Waals surface area contributed by atoms with E-state index in [-0.39, 0.29) is 5.91 Å². The Morgan fingerprint density at radius 3 is 2.61 bits per heavy atom. The van der Waals surface area contributed by atoms with Crippen molar-refractivity contribution < 1.29 is 14.3 Å². The van der Waals surface area contributed by atoms with E-state index in [9.17, 15) is 4.79 Å². The number of rotatable bonds is 7. The summed E-state index contributed by atoms with van der Waals surface area (Å²) < 4.78 is 10.7. The highest BCUT2D eigenvalue weighted by Crippen LogP contribution is 2.16. The maximum atomic E-state index is 12.1. The summed E-state index contributed by atoms with van der Waals surface area (Å²) >= 11 is 0. The fourth-order valence-corrected chi connectivity index (χ4v) is 1.93. The van der Waals surface area contributed by atoms with E-state index in [1.165, 1.54) is 7.11 Å². The minimum atomic E-state index is -0.318. The Kier molecular flexibility index (Phi) is 6.17. The second-order valence-corrected chi connectivity index (χ2v) is 4.82. The molecule has 0 unspecified atom stereocenters. The molecule has 23 heavy (non-hydrogen) atoms. The number of ether oxygens (including phenoxy) is 2. The number of hydrazone groups is 1. The van der Waals surface area contributed by atoms with Crippen molar-refractivity contribution >= 4 is 12.1 Å². The zero-order chi connectivity index (χ0) is 16.5. The van der Waals surface area contributed by atoms with Gasteiger partial charge in [-0.1, -0.05) is 19.1 Å². The maximum absolute atomic E-state index is 12.1. The van der Waals surface area contributed by atoms with Gasteiger partial charge in [0, 0.05) is 0 Å². The van der Waals surface area contributed by atoms with Crippen molar-refractivity contribution in [2.45, 2.75) is 13.3 Å². The summed E-state index contributed by atoms with van der Waals surface area (Å²) in [6, 6.07) is 14.5. The molecular weight excluding hydrogens is 292 g/mol. The van der Waals surface area contributed by atoms with Gasteiger partial charge in [-0.3, -0.25) is 4.79 Å². The van der Waals surface area contributed by atoms with Crippen LogP contribution in [0.5, 0.6) is 11.5 Å². The summed E-state index contributed by atoms with van der Waals surface area (Å²) in [5.74, 6) is 1.02. The molecule has 1 amide bonds. The number of carbonyl (C=O) groups excluding carboxylic acids is 1. The lowest BCUT2D eigenvalue weighted by Crippen LogP contribution is -2.18. The van der Waals surface area contributed by atoms with Crippen LogP contribution in [0.15, 0.2) is 53.6 Å². The van der Waals surface area contributed by atoms with Gasteiger partial charge in [-0.25, -0.2) is 5.43 Å². The number of hydrogen-bond acceptors (Lipinski definition) is 4. The Bertz CT molecular complexity index is 666. The molecule has 2 aromatic rings. The molecule has 5 heteroatoms. The first kappa shape index (κ1) is 16.5. The summed E-state index contributed by atoms with van der Waals surface area (Å²) in [5.41, 5.74) is 3.80. The second-order valence-electron chi connectivity index (χ2n) is 4.82. The van der Waals surface area contributed by atoms with Crippen LogP contribution >= 0.6 is 0 Å². The van der Waals surface area contributed by atoms with E-state index in [1.807, 2.05) is 24.3 Å². The van der Waals surface area contributed by atoms with Crippen LogP contribution in [-0.2, 0) is 0 Å². The first-order valence-corrected chi connectivity index (χ1v) is 7.44. The third-order valence-electron chi connectivity index (χ3n) is 3.08. The van der Waals surface area contributed by atoms with Crippen LogP contribution < -0.4 is 14.9 Å². The van der Waals surface area contributed by atoms with Gasteiger partial charge in [-0.2, -0.15) is 5.10 Å². The van der Waals surface area contributed by atoms with Crippen molar-refractivity contribution in [2.24, 2.45) is 5.10 Å². The van der Waals surface area contributed by atoms with Crippen molar-refractivity contribution in [1.82, 2.24) is 5.43 Å². The van der Waals surface area contributed by atoms with Gasteiger partial charge < -0.3 is 9.47 Å². The molecule has 0 aliphatic rings. The molecular formula is C18H20N2O3. The standard InChI is InChI=1S/C18H20N2O3/c1-3-12-23-15-10-8-14(9-11-15)13-19-20-18(21)16-6-4-5-7-17(16)22-2/h4-11,13H,3,12H2,1-2H3,(H,20,21). The molecule has 0 saturated heterocycles. The molecule has 0 atom stereocenters. The van der Waals surface area contributed by atoms with Crippen molar-refractivity contribution in [3.05, 3.63) is 59.7 Å². The molecule has 0 aromatic heterocycles. The predicted octanol–water partition coefficient (Wildman–Crippen LogP) is 3.25. The van der Waals surface area contributed by atoms with Crippen LogP contribution in [0, 0.1) is 0 Å². The Balaban J connectivity index is 1.94. The summed E-state index contributed by atoms with van der Waals surface area (Å²) in [5, 5.41) is 3.96. The SMILES string of the molecule is CCCOc1ccc(C=NNC(=O)c2ccccc2OC)cc1. The van der Waals surface area contributed by atoms with Crippen LogP contribution in [0.3, 0.4) is 0 Å². The fraction of sp³-hybridized carbons (Fsp3) is 0.222. The Morgan fingerprint density at radius 1 is 1.17 bits per heavy atom. The number of hydrogen-bond donors (Lipinski definition) is 1. The van der Waals surface area contributed by atoms with Crippen LogP contribution in [0.4, 0.5) is 0 Å². The number of methoxy groups -OCH3 is 1. The van der Waals surface area contributed by atoms with E-state index < -0.39 is 0 Å². The quantitative estimate of drug-likeness (QED) is 0.630. The lowest BCUT2D eigenvalue weighted by atomic mass is 10.2. The highest BCUT2D eigenvalue weighted by atomic mass is 16.5. The highest BCUT2D eigenvalue weighted by Gasteiger charge is 2.09. The summed E-state index contributed by atoms with van der Waals surface area (Å²) in [6.45, 7) is 2.76. The second kappa shape index (κ2) is 8.58. The van der Waals surface area contributed by atoms with E-state index in [4.69, 9.17) is 9.47 Å². The Labute approximate surface area is 135 Å². The molecule has 2 aromatic carbocycles. The maximum Gasteiger partial charge on any atom is 0.275 e. The van der Waals surface area contributed by atoms with Crippen LogP contribution in [0.1, 0.15) is 29.3 Å². The van der Waals surface area contributed by atoms with E-state index in [0.717, 1.165) is 17.7 Å². The van der Waals surface area contributed by atoms with Gasteiger partial charge in [0.05, 0.1) is 25.5 Å². The minimum absolute atomic E-state index is 0.318. The van der Waals surface area contributed by atoms with Gasteiger partial charge in [0.2, 0.25) is 0 Å². The highest BCUT2D eigenvalue weighted by molar-refractivity contribution is 5.97.